The predicted molar refractivity (Wildman–Crippen MR) is 139 cm³/mol. The summed E-state index contributed by atoms with van der Waals surface area (Å²) in [5.41, 5.74) is 3.62. The number of benzene rings is 2. The van der Waals surface area contributed by atoms with E-state index in [2.05, 4.69) is 18.8 Å². The van der Waals surface area contributed by atoms with Crippen molar-refractivity contribution < 1.29 is 14.3 Å². The molecule has 1 aromatic heterocycles. The number of rotatable bonds is 14. The number of aromatic nitrogens is 1. The minimum absolute atomic E-state index is 0.366. The lowest BCUT2D eigenvalue weighted by molar-refractivity contribution is 0.0734. The van der Waals surface area contributed by atoms with Crippen molar-refractivity contribution in [1.82, 2.24) is 4.98 Å². The molecule has 180 valence electrons. The average molecular weight is 460 g/mol. The summed E-state index contributed by atoms with van der Waals surface area (Å²) in [6.07, 6.45) is 12.7. The van der Waals surface area contributed by atoms with Crippen LogP contribution in [0, 0.1) is 0 Å². The highest BCUT2D eigenvalue weighted by Gasteiger charge is 2.10. The van der Waals surface area contributed by atoms with Crippen molar-refractivity contribution in [2.24, 2.45) is 0 Å². The first-order valence-electron chi connectivity index (χ1n) is 12.7. The first-order chi connectivity index (χ1) is 16.7. The molecule has 3 aromatic rings. The molecular weight excluding hydrogens is 422 g/mol. The molecule has 0 spiro atoms. The summed E-state index contributed by atoms with van der Waals surface area (Å²) in [5, 5.41) is 0. The third-order valence-corrected chi connectivity index (χ3v) is 5.83. The minimum Gasteiger partial charge on any atom is -0.494 e. The van der Waals surface area contributed by atoms with Gasteiger partial charge >= 0.3 is 5.97 Å². The highest BCUT2D eigenvalue weighted by molar-refractivity contribution is 5.91. The van der Waals surface area contributed by atoms with Crippen LogP contribution in [0.3, 0.4) is 0 Å². The Morgan fingerprint density at radius 1 is 0.735 bits per heavy atom. The molecule has 0 amide bonds. The highest BCUT2D eigenvalue weighted by Crippen LogP contribution is 2.23. The van der Waals surface area contributed by atoms with Crippen LogP contribution in [0.5, 0.6) is 11.5 Å². The van der Waals surface area contributed by atoms with Crippen LogP contribution >= 0.6 is 0 Å². The van der Waals surface area contributed by atoms with Crippen LogP contribution in [-0.2, 0) is 6.42 Å². The van der Waals surface area contributed by atoms with Gasteiger partial charge in [0.05, 0.1) is 24.1 Å². The predicted octanol–water partition coefficient (Wildman–Crippen LogP) is 8.05. The van der Waals surface area contributed by atoms with E-state index in [1.807, 2.05) is 54.6 Å². The number of hydrogen-bond acceptors (Lipinski definition) is 4. The molecule has 1 heterocycles. The van der Waals surface area contributed by atoms with Crippen molar-refractivity contribution in [3.05, 3.63) is 78.0 Å². The summed E-state index contributed by atoms with van der Waals surface area (Å²) >= 11 is 0. The van der Waals surface area contributed by atoms with Crippen LogP contribution in [0.4, 0.5) is 0 Å². The monoisotopic (exact) mass is 459 g/mol. The molecule has 0 saturated carbocycles. The Bertz CT molecular complexity index is 979. The second-order valence-electron chi connectivity index (χ2n) is 8.71. The number of unbranched alkanes of at least 4 members (excludes halogenated alkanes) is 6. The van der Waals surface area contributed by atoms with Gasteiger partial charge in [0.15, 0.2) is 0 Å². The number of carbonyl (C=O) groups is 1. The molecule has 0 fully saturated rings. The van der Waals surface area contributed by atoms with Gasteiger partial charge in [-0.05, 0) is 73.4 Å². The maximum absolute atomic E-state index is 12.5. The van der Waals surface area contributed by atoms with E-state index in [0.717, 1.165) is 29.8 Å². The summed E-state index contributed by atoms with van der Waals surface area (Å²) in [4.78, 5) is 17.0. The molecule has 0 bridgehead atoms. The van der Waals surface area contributed by atoms with E-state index in [4.69, 9.17) is 9.47 Å². The van der Waals surface area contributed by atoms with Crippen molar-refractivity contribution in [2.75, 3.05) is 6.61 Å². The van der Waals surface area contributed by atoms with Crippen LogP contribution in [0.25, 0.3) is 11.3 Å². The van der Waals surface area contributed by atoms with Crippen LogP contribution in [0.1, 0.15) is 81.1 Å². The lowest BCUT2D eigenvalue weighted by Crippen LogP contribution is -2.08. The summed E-state index contributed by atoms with van der Waals surface area (Å²) in [6.45, 7) is 5.04. The molecular formula is C30H37NO3. The number of nitrogens with zero attached hydrogens (tertiary/aromatic N) is 1. The molecule has 34 heavy (non-hydrogen) atoms. The van der Waals surface area contributed by atoms with E-state index >= 15 is 0 Å². The summed E-state index contributed by atoms with van der Waals surface area (Å²) < 4.78 is 11.1. The first kappa shape index (κ1) is 25.5. The van der Waals surface area contributed by atoms with Gasteiger partial charge in [-0.1, -0.05) is 64.5 Å². The number of pyridine rings is 1. The molecule has 0 aliphatic rings. The van der Waals surface area contributed by atoms with Crippen molar-refractivity contribution in [1.29, 1.82) is 0 Å². The topological polar surface area (TPSA) is 48.4 Å². The zero-order chi connectivity index (χ0) is 24.0. The lowest BCUT2D eigenvalue weighted by atomic mass is 10.0. The zero-order valence-corrected chi connectivity index (χ0v) is 20.6. The first-order valence-corrected chi connectivity index (χ1v) is 12.7. The largest absolute Gasteiger partial charge is 0.494 e. The summed E-state index contributed by atoms with van der Waals surface area (Å²) in [6, 6.07) is 19.2. The fraction of sp³-hybridized carbons (Fsp3) is 0.400. The Kier molecular flexibility index (Phi) is 10.6. The van der Waals surface area contributed by atoms with Gasteiger partial charge in [-0.25, -0.2) is 4.79 Å². The number of carbonyl (C=O) groups excluding carboxylic acids is 1. The third-order valence-electron chi connectivity index (χ3n) is 5.83. The van der Waals surface area contributed by atoms with Gasteiger partial charge in [0.2, 0.25) is 0 Å². The number of aryl methyl sites for hydroxylation is 1. The number of ether oxygens (including phenoxy) is 2. The zero-order valence-electron chi connectivity index (χ0n) is 20.6. The Hall–Kier alpha value is -3.14. The van der Waals surface area contributed by atoms with Gasteiger partial charge in [-0.15, -0.1) is 0 Å². The second-order valence-corrected chi connectivity index (χ2v) is 8.71. The Balaban J connectivity index is 1.46. The van der Waals surface area contributed by atoms with Crippen LogP contribution < -0.4 is 9.47 Å². The lowest BCUT2D eigenvalue weighted by Gasteiger charge is -2.08. The Morgan fingerprint density at radius 2 is 1.41 bits per heavy atom. The van der Waals surface area contributed by atoms with E-state index in [9.17, 15) is 4.79 Å². The maximum Gasteiger partial charge on any atom is 0.343 e. The van der Waals surface area contributed by atoms with E-state index in [0.29, 0.717) is 17.9 Å². The standard InChI is InChI=1S/C30H37NO3/c1-3-5-6-7-8-9-10-11-24-12-14-26(15-13-24)30(32)34-28-20-21-29(31-23-28)25-16-18-27(19-17-25)33-22-4-2/h12-21,23H,3-11,22H2,1-2H3. The quantitative estimate of drug-likeness (QED) is 0.181. The van der Waals surface area contributed by atoms with Gasteiger partial charge in [-0.3, -0.25) is 4.98 Å². The SMILES string of the molecule is CCCCCCCCCc1ccc(C(=O)Oc2ccc(-c3ccc(OCCC)cc3)nc2)cc1. The van der Waals surface area contributed by atoms with E-state index in [-0.39, 0.29) is 5.97 Å². The van der Waals surface area contributed by atoms with Crippen molar-refractivity contribution in [3.8, 4) is 22.8 Å². The molecule has 0 N–H and O–H groups in total. The van der Waals surface area contributed by atoms with Gasteiger partial charge < -0.3 is 9.47 Å². The van der Waals surface area contributed by atoms with Gasteiger partial charge in [-0.2, -0.15) is 0 Å². The molecule has 0 saturated heterocycles. The summed E-state index contributed by atoms with van der Waals surface area (Å²) in [7, 11) is 0. The second kappa shape index (κ2) is 14.2. The molecule has 2 aromatic carbocycles. The normalized spacial score (nSPS) is 10.8. The third kappa shape index (κ3) is 8.33. The number of esters is 1. The molecule has 0 aliphatic heterocycles. The molecule has 4 nitrogen and oxygen atoms in total. The average Bonchev–Trinajstić information content (AvgIpc) is 2.88. The molecule has 4 heteroatoms. The maximum atomic E-state index is 12.5. The molecule has 0 radical (unpaired) electrons. The molecule has 0 atom stereocenters. The van der Waals surface area contributed by atoms with Crippen molar-refractivity contribution in [2.45, 2.75) is 71.6 Å². The van der Waals surface area contributed by atoms with Crippen molar-refractivity contribution in [3.63, 3.8) is 0 Å². The number of hydrogen-bond donors (Lipinski definition) is 0. The minimum atomic E-state index is -0.366. The van der Waals surface area contributed by atoms with Crippen molar-refractivity contribution >= 4 is 5.97 Å². The molecule has 3 rings (SSSR count). The Morgan fingerprint density at radius 3 is 2.06 bits per heavy atom. The van der Waals surface area contributed by atoms with Gasteiger partial charge in [0.25, 0.3) is 0 Å². The molecule has 0 aliphatic carbocycles. The van der Waals surface area contributed by atoms with Gasteiger partial charge in [0.1, 0.15) is 11.5 Å². The molecule has 0 unspecified atom stereocenters. The van der Waals surface area contributed by atoms with Crippen LogP contribution in [0.2, 0.25) is 0 Å². The van der Waals surface area contributed by atoms with Gasteiger partial charge in [0, 0.05) is 5.56 Å². The fourth-order valence-electron chi connectivity index (χ4n) is 3.81. The fourth-order valence-corrected chi connectivity index (χ4v) is 3.81. The van der Waals surface area contributed by atoms with E-state index in [1.54, 1.807) is 12.3 Å². The Labute approximate surface area is 204 Å². The van der Waals surface area contributed by atoms with Crippen LogP contribution in [0.15, 0.2) is 66.9 Å². The van der Waals surface area contributed by atoms with Crippen LogP contribution in [-0.4, -0.2) is 17.6 Å². The van der Waals surface area contributed by atoms with E-state index < -0.39 is 0 Å². The highest BCUT2D eigenvalue weighted by atomic mass is 16.5. The smallest absolute Gasteiger partial charge is 0.343 e. The van der Waals surface area contributed by atoms with E-state index in [1.165, 1.54) is 50.5 Å². The summed E-state index contributed by atoms with van der Waals surface area (Å²) in [5.74, 6) is 0.919.